The Kier molecular flexibility index (Phi) is 8.30. The highest BCUT2D eigenvalue weighted by atomic mass is 32.2. The fourth-order valence-corrected chi connectivity index (χ4v) is 6.33. The number of carbonyl (C=O) groups excluding carboxylic acids is 1. The van der Waals surface area contributed by atoms with Crippen LogP contribution in [0.2, 0.25) is 0 Å². The van der Waals surface area contributed by atoms with Crippen molar-refractivity contribution in [1.29, 1.82) is 0 Å². The Morgan fingerprint density at radius 3 is 2.21 bits per heavy atom. The topological polar surface area (TPSA) is 129 Å². The van der Waals surface area contributed by atoms with Gasteiger partial charge in [0, 0.05) is 36.9 Å². The minimum atomic E-state index is -4.01. The third kappa shape index (κ3) is 6.60. The predicted molar refractivity (Wildman–Crippen MR) is 149 cm³/mol. The first-order valence-electron chi connectivity index (χ1n) is 11.3. The minimum absolute atomic E-state index is 0.00661. The minimum Gasteiger partial charge on any atom is -0.322 e. The van der Waals surface area contributed by atoms with Crippen LogP contribution >= 0.6 is 11.3 Å². The van der Waals surface area contributed by atoms with Gasteiger partial charge in [0.1, 0.15) is 5.82 Å². The van der Waals surface area contributed by atoms with Gasteiger partial charge >= 0.3 is 10.2 Å². The Bertz CT molecular complexity index is 1660. The van der Waals surface area contributed by atoms with Gasteiger partial charge in [-0.2, -0.15) is 12.7 Å². The van der Waals surface area contributed by atoms with E-state index >= 15 is 0 Å². The molecule has 1 aromatic heterocycles. The lowest BCUT2D eigenvalue weighted by Crippen LogP contribution is -2.40. The summed E-state index contributed by atoms with van der Waals surface area (Å²) >= 11 is 1.15. The van der Waals surface area contributed by atoms with Gasteiger partial charge in [0.15, 0.2) is 5.13 Å². The average Bonchev–Trinajstić information content (AvgIpc) is 3.40. The van der Waals surface area contributed by atoms with Gasteiger partial charge in [-0.1, -0.05) is 24.3 Å². The maximum atomic E-state index is 14.5. The fourth-order valence-electron chi connectivity index (χ4n) is 3.44. The van der Waals surface area contributed by atoms with Crippen molar-refractivity contribution >= 4 is 54.0 Å². The SMILES string of the molecule is CN(C)S(=O)(=O)N(Cc1ccc(C(=O)Nc2ccc(S(=O)(=O)Nc3nccs3)cc2)cc1)c1ccccc1F. The van der Waals surface area contributed by atoms with E-state index in [1.54, 1.807) is 23.6 Å². The number of hydrogen-bond donors (Lipinski definition) is 2. The second-order valence-corrected chi connectivity index (χ2v) is 13.0. The summed E-state index contributed by atoms with van der Waals surface area (Å²) < 4.78 is 69.6. The van der Waals surface area contributed by atoms with Crippen LogP contribution in [0.3, 0.4) is 0 Å². The zero-order valence-electron chi connectivity index (χ0n) is 20.8. The van der Waals surface area contributed by atoms with E-state index in [9.17, 15) is 26.0 Å². The molecular weight excluding hydrogens is 566 g/mol. The molecule has 1 amide bonds. The zero-order chi connectivity index (χ0) is 28.2. The number of halogens is 1. The Hall–Kier alpha value is -3.85. The average molecular weight is 590 g/mol. The summed E-state index contributed by atoms with van der Waals surface area (Å²) in [7, 11) is -5.12. The number of amides is 1. The molecule has 0 radical (unpaired) electrons. The number of nitrogens with zero attached hydrogens (tertiary/aromatic N) is 3. The normalized spacial score (nSPS) is 11.8. The number of benzene rings is 3. The first-order valence-corrected chi connectivity index (χ1v) is 15.1. The fraction of sp³-hybridized carbons (Fsp3) is 0.120. The van der Waals surface area contributed by atoms with E-state index in [1.165, 1.54) is 74.9 Å². The molecule has 4 aromatic rings. The number of anilines is 3. The molecule has 14 heteroatoms. The molecule has 0 unspecified atom stereocenters. The molecule has 4 rings (SSSR count). The lowest BCUT2D eigenvalue weighted by Gasteiger charge is -2.27. The van der Waals surface area contributed by atoms with Crippen molar-refractivity contribution in [2.75, 3.05) is 28.4 Å². The predicted octanol–water partition coefficient (Wildman–Crippen LogP) is 4.15. The second kappa shape index (κ2) is 11.5. The number of para-hydroxylation sites is 1. The Labute approximate surface area is 230 Å². The lowest BCUT2D eigenvalue weighted by atomic mass is 10.1. The molecule has 0 saturated carbocycles. The number of carbonyl (C=O) groups is 1. The van der Waals surface area contributed by atoms with E-state index in [-0.39, 0.29) is 27.8 Å². The molecule has 0 aliphatic heterocycles. The van der Waals surface area contributed by atoms with Gasteiger partial charge < -0.3 is 5.32 Å². The van der Waals surface area contributed by atoms with Gasteiger partial charge in [-0.3, -0.25) is 13.8 Å². The van der Waals surface area contributed by atoms with Gasteiger partial charge in [0.25, 0.3) is 15.9 Å². The van der Waals surface area contributed by atoms with Crippen molar-refractivity contribution in [3.63, 3.8) is 0 Å². The van der Waals surface area contributed by atoms with Crippen LogP contribution in [0.5, 0.6) is 0 Å². The summed E-state index contributed by atoms with van der Waals surface area (Å²) in [6, 6.07) is 17.4. The van der Waals surface area contributed by atoms with E-state index in [0.29, 0.717) is 11.3 Å². The van der Waals surface area contributed by atoms with Crippen molar-refractivity contribution in [2.45, 2.75) is 11.4 Å². The van der Waals surface area contributed by atoms with Crippen molar-refractivity contribution in [3.8, 4) is 0 Å². The van der Waals surface area contributed by atoms with E-state index in [1.807, 2.05) is 0 Å². The number of nitrogens with one attached hydrogen (secondary N) is 2. The van der Waals surface area contributed by atoms with Crippen LogP contribution < -0.4 is 14.3 Å². The van der Waals surface area contributed by atoms with E-state index < -0.39 is 32.0 Å². The molecule has 0 aliphatic rings. The number of sulfonamides is 1. The Morgan fingerprint density at radius 1 is 0.949 bits per heavy atom. The second-order valence-electron chi connectivity index (χ2n) is 8.37. The van der Waals surface area contributed by atoms with Gasteiger partial charge in [-0.05, 0) is 54.1 Å². The van der Waals surface area contributed by atoms with Gasteiger partial charge in [-0.25, -0.2) is 17.8 Å². The van der Waals surface area contributed by atoms with Crippen LogP contribution in [-0.2, 0) is 26.8 Å². The summed E-state index contributed by atoms with van der Waals surface area (Å²) in [6.07, 6.45) is 1.48. The molecule has 0 saturated heterocycles. The third-order valence-corrected chi connectivity index (χ3v) is 9.46. The number of thiazole rings is 1. The molecule has 2 N–H and O–H groups in total. The highest BCUT2D eigenvalue weighted by Gasteiger charge is 2.27. The van der Waals surface area contributed by atoms with Crippen LogP contribution in [0, 0.1) is 5.82 Å². The van der Waals surface area contributed by atoms with E-state index in [0.717, 1.165) is 19.9 Å². The molecule has 204 valence electrons. The Morgan fingerprint density at radius 2 is 1.62 bits per heavy atom. The van der Waals surface area contributed by atoms with Gasteiger partial charge in [0.05, 0.1) is 17.1 Å². The van der Waals surface area contributed by atoms with Crippen LogP contribution in [0.15, 0.2) is 89.3 Å². The van der Waals surface area contributed by atoms with Gasteiger partial charge in [0.2, 0.25) is 0 Å². The van der Waals surface area contributed by atoms with Crippen LogP contribution in [-0.4, -0.2) is 46.1 Å². The summed E-state index contributed by atoms with van der Waals surface area (Å²) in [5.41, 5.74) is 1.09. The molecule has 10 nitrogen and oxygen atoms in total. The molecule has 1 heterocycles. The maximum Gasteiger partial charge on any atom is 0.303 e. The summed E-state index contributed by atoms with van der Waals surface area (Å²) in [5.74, 6) is -1.14. The molecule has 3 aromatic carbocycles. The number of aromatic nitrogens is 1. The summed E-state index contributed by atoms with van der Waals surface area (Å²) in [6.45, 7) is -0.158. The highest BCUT2D eigenvalue weighted by molar-refractivity contribution is 7.93. The van der Waals surface area contributed by atoms with Gasteiger partial charge in [-0.15, -0.1) is 11.3 Å². The van der Waals surface area contributed by atoms with Crippen molar-refractivity contribution in [2.24, 2.45) is 0 Å². The van der Waals surface area contributed by atoms with E-state index in [2.05, 4.69) is 15.0 Å². The number of hydrogen-bond acceptors (Lipinski definition) is 7. The van der Waals surface area contributed by atoms with E-state index in [4.69, 9.17) is 0 Å². The first-order chi connectivity index (χ1) is 18.5. The molecule has 0 spiro atoms. The molecule has 0 aliphatic carbocycles. The molecule has 0 fully saturated rings. The maximum absolute atomic E-state index is 14.5. The van der Waals surface area contributed by atoms with Crippen molar-refractivity contribution in [1.82, 2.24) is 9.29 Å². The summed E-state index contributed by atoms with van der Waals surface area (Å²) in [4.78, 5) is 16.6. The quantitative estimate of drug-likeness (QED) is 0.286. The molecule has 39 heavy (non-hydrogen) atoms. The summed E-state index contributed by atoms with van der Waals surface area (Å²) in [5, 5.41) is 4.58. The molecule has 0 atom stereocenters. The zero-order valence-corrected chi connectivity index (χ0v) is 23.2. The van der Waals surface area contributed by atoms with Crippen LogP contribution in [0.1, 0.15) is 15.9 Å². The monoisotopic (exact) mass is 589 g/mol. The van der Waals surface area contributed by atoms with Crippen molar-refractivity contribution < 1.29 is 26.0 Å². The smallest absolute Gasteiger partial charge is 0.303 e. The molecule has 0 bridgehead atoms. The largest absolute Gasteiger partial charge is 0.322 e. The van der Waals surface area contributed by atoms with Crippen LogP contribution in [0.4, 0.5) is 20.9 Å². The lowest BCUT2D eigenvalue weighted by molar-refractivity contribution is 0.102. The standard InChI is InChI=1S/C25H24FN5O5S3/c1-30(2)39(35,36)31(23-6-4-3-5-22(23)26)17-18-7-9-19(10-8-18)24(32)28-20-11-13-21(14-12-20)38(33,34)29-25-27-15-16-37-25/h3-16H,17H2,1-2H3,(H,27,29)(H,28,32). The first kappa shape index (κ1) is 28.2. The molecular formula is C25H24FN5O5S3. The Balaban J connectivity index is 1.46. The van der Waals surface area contributed by atoms with Crippen molar-refractivity contribution in [3.05, 3.63) is 101 Å². The highest BCUT2D eigenvalue weighted by Crippen LogP contribution is 2.26. The third-order valence-electron chi connectivity index (χ3n) is 5.48. The number of rotatable bonds is 10. The van der Waals surface area contributed by atoms with Crippen LogP contribution in [0.25, 0.3) is 0 Å².